The van der Waals surface area contributed by atoms with Gasteiger partial charge in [0.1, 0.15) is 11.3 Å². The predicted molar refractivity (Wildman–Crippen MR) is 125 cm³/mol. The standard InChI is InChI=1S/C26H25NO5/c1-16(2)24(27)30-13-5-6-18-7-8-20-15-22(26(29)32-23(20)14-18)19-9-11-21(12-10-19)31-25(28)17(3)4/h7-12,14-15,27H,1,3,5-6,13H2,2,4H3. The van der Waals surface area contributed by atoms with E-state index in [-0.39, 0.29) is 5.90 Å². The first-order chi connectivity index (χ1) is 15.2. The molecule has 2 aromatic carbocycles. The molecular formula is C26H25NO5. The fourth-order valence-corrected chi connectivity index (χ4v) is 2.98. The van der Waals surface area contributed by atoms with Crippen molar-refractivity contribution in [1.82, 2.24) is 0 Å². The van der Waals surface area contributed by atoms with Crippen molar-refractivity contribution in [2.24, 2.45) is 0 Å². The van der Waals surface area contributed by atoms with Gasteiger partial charge in [0.2, 0.25) is 5.90 Å². The number of hydrogen-bond acceptors (Lipinski definition) is 6. The van der Waals surface area contributed by atoms with Gasteiger partial charge < -0.3 is 13.9 Å². The van der Waals surface area contributed by atoms with Gasteiger partial charge in [0, 0.05) is 16.5 Å². The van der Waals surface area contributed by atoms with Crippen molar-refractivity contribution in [3.8, 4) is 16.9 Å². The normalized spacial score (nSPS) is 10.6. The molecular weight excluding hydrogens is 406 g/mol. The predicted octanol–water partition coefficient (Wildman–Crippen LogP) is 5.44. The molecule has 1 aromatic heterocycles. The van der Waals surface area contributed by atoms with Gasteiger partial charge in [0.25, 0.3) is 0 Å². The first kappa shape index (κ1) is 22.7. The van der Waals surface area contributed by atoms with Gasteiger partial charge >= 0.3 is 11.6 Å². The van der Waals surface area contributed by atoms with Crippen LogP contribution in [0.15, 0.2) is 82.0 Å². The Morgan fingerprint density at radius 3 is 2.41 bits per heavy atom. The molecule has 0 bridgehead atoms. The number of ether oxygens (including phenoxy) is 2. The van der Waals surface area contributed by atoms with E-state index in [4.69, 9.17) is 19.3 Å². The first-order valence-corrected chi connectivity index (χ1v) is 10.2. The van der Waals surface area contributed by atoms with Crippen molar-refractivity contribution >= 4 is 22.8 Å². The van der Waals surface area contributed by atoms with E-state index < -0.39 is 11.6 Å². The van der Waals surface area contributed by atoms with Gasteiger partial charge in [-0.3, -0.25) is 5.41 Å². The van der Waals surface area contributed by atoms with Gasteiger partial charge in [0.15, 0.2) is 0 Å². The number of esters is 1. The summed E-state index contributed by atoms with van der Waals surface area (Å²) in [6.07, 6.45) is 1.46. The molecule has 0 unspecified atom stereocenters. The van der Waals surface area contributed by atoms with Crippen molar-refractivity contribution < 1.29 is 18.7 Å². The molecule has 6 heteroatoms. The highest BCUT2D eigenvalue weighted by molar-refractivity contribution is 5.89. The van der Waals surface area contributed by atoms with Crippen molar-refractivity contribution in [3.05, 3.63) is 88.8 Å². The highest BCUT2D eigenvalue weighted by Crippen LogP contribution is 2.24. The molecule has 1 heterocycles. The Morgan fingerprint density at radius 1 is 1.03 bits per heavy atom. The molecule has 0 saturated heterocycles. The summed E-state index contributed by atoms with van der Waals surface area (Å²) in [4.78, 5) is 24.2. The van der Waals surface area contributed by atoms with Crippen LogP contribution in [0.5, 0.6) is 5.75 Å². The largest absolute Gasteiger partial charge is 0.478 e. The number of carbonyl (C=O) groups is 1. The Labute approximate surface area is 186 Å². The van der Waals surface area contributed by atoms with Crippen LogP contribution >= 0.6 is 0 Å². The third-order valence-corrected chi connectivity index (χ3v) is 4.77. The van der Waals surface area contributed by atoms with Crippen LogP contribution in [0.2, 0.25) is 0 Å². The second kappa shape index (κ2) is 9.92. The summed E-state index contributed by atoms with van der Waals surface area (Å²) < 4.78 is 16.1. The Hall–Kier alpha value is -3.93. The number of nitrogens with one attached hydrogen (secondary N) is 1. The molecule has 0 aliphatic carbocycles. The monoisotopic (exact) mass is 431 g/mol. The number of aryl methyl sites for hydroxylation is 1. The molecule has 32 heavy (non-hydrogen) atoms. The molecule has 0 atom stereocenters. The fraction of sp³-hybridized carbons (Fsp3) is 0.192. The summed E-state index contributed by atoms with van der Waals surface area (Å²) in [5, 5.41) is 8.42. The van der Waals surface area contributed by atoms with E-state index >= 15 is 0 Å². The Bertz CT molecular complexity index is 1250. The highest BCUT2D eigenvalue weighted by atomic mass is 16.5. The number of benzene rings is 2. The SMILES string of the molecule is C=C(C)C(=N)OCCCc1ccc2cc(-c3ccc(OC(=O)C(=C)C)cc3)c(=O)oc2c1. The smallest absolute Gasteiger partial charge is 0.344 e. The fourth-order valence-electron chi connectivity index (χ4n) is 2.98. The molecule has 0 radical (unpaired) electrons. The van der Waals surface area contributed by atoms with Gasteiger partial charge in [-0.25, -0.2) is 9.59 Å². The van der Waals surface area contributed by atoms with E-state index in [9.17, 15) is 9.59 Å². The molecule has 164 valence electrons. The van der Waals surface area contributed by atoms with Crippen LogP contribution in [0.1, 0.15) is 25.8 Å². The Balaban J connectivity index is 1.73. The molecule has 0 aliphatic heterocycles. The lowest BCUT2D eigenvalue weighted by molar-refractivity contribution is -0.130. The van der Waals surface area contributed by atoms with E-state index in [1.165, 1.54) is 0 Å². The van der Waals surface area contributed by atoms with Crippen LogP contribution in [0.3, 0.4) is 0 Å². The zero-order chi connectivity index (χ0) is 23.3. The van der Waals surface area contributed by atoms with Crippen molar-refractivity contribution in [2.75, 3.05) is 6.61 Å². The van der Waals surface area contributed by atoms with Gasteiger partial charge in [-0.15, -0.1) is 0 Å². The number of hydrogen-bond donors (Lipinski definition) is 1. The molecule has 1 N–H and O–H groups in total. The van der Waals surface area contributed by atoms with E-state index in [0.29, 0.717) is 40.2 Å². The number of rotatable bonds is 8. The van der Waals surface area contributed by atoms with E-state index in [1.807, 2.05) is 18.2 Å². The molecule has 0 aliphatic rings. The van der Waals surface area contributed by atoms with Crippen molar-refractivity contribution in [1.29, 1.82) is 5.41 Å². The lowest BCUT2D eigenvalue weighted by Gasteiger charge is -2.08. The second-order valence-corrected chi connectivity index (χ2v) is 7.58. The lowest BCUT2D eigenvalue weighted by Crippen LogP contribution is -2.08. The van der Waals surface area contributed by atoms with Crippen LogP contribution in [-0.4, -0.2) is 18.5 Å². The topological polar surface area (TPSA) is 89.6 Å². The van der Waals surface area contributed by atoms with Crippen molar-refractivity contribution in [3.63, 3.8) is 0 Å². The molecule has 3 rings (SSSR count). The maximum atomic E-state index is 12.6. The molecule has 0 saturated carbocycles. The Kier molecular flexibility index (Phi) is 7.05. The zero-order valence-corrected chi connectivity index (χ0v) is 18.2. The van der Waals surface area contributed by atoms with Gasteiger partial charge in [-0.1, -0.05) is 37.4 Å². The minimum absolute atomic E-state index is 0.101. The summed E-state index contributed by atoms with van der Waals surface area (Å²) in [5.74, 6) is -0.0255. The summed E-state index contributed by atoms with van der Waals surface area (Å²) in [6, 6.07) is 14.2. The third kappa shape index (κ3) is 5.60. The molecule has 3 aromatic rings. The minimum Gasteiger partial charge on any atom is -0.478 e. The molecule has 0 spiro atoms. The second-order valence-electron chi connectivity index (χ2n) is 7.58. The summed E-state index contributed by atoms with van der Waals surface area (Å²) in [7, 11) is 0. The van der Waals surface area contributed by atoms with Gasteiger partial charge in [-0.05, 0) is 62.1 Å². The van der Waals surface area contributed by atoms with Crippen LogP contribution in [0, 0.1) is 5.41 Å². The van der Waals surface area contributed by atoms with Gasteiger partial charge in [0.05, 0.1) is 12.2 Å². The quantitative estimate of drug-likeness (QED) is 0.0975. The maximum absolute atomic E-state index is 12.6. The maximum Gasteiger partial charge on any atom is 0.344 e. The van der Waals surface area contributed by atoms with Crippen molar-refractivity contribution in [2.45, 2.75) is 26.7 Å². The number of carbonyl (C=O) groups excluding carboxylic acids is 1. The highest BCUT2D eigenvalue weighted by Gasteiger charge is 2.10. The van der Waals surface area contributed by atoms with Crippen LogP contribution < -0.4 is 10.4 Å². The average Bonchev–Trinajstić information content (AvgIpc) is 2.76. The average molecular weight is 431 g/mol. The van der Waals surface area contributed by atoms with E-state index in [1.54, 1.807) is 44.2 Å². The van der Waals surface area contributed by atoms with Gasteiger partial charge in [-0.2, -0.15) is 0 Å². The van der Waals surface area contributed by atoms with E-state index in [2.05, 4.69) is 13.2 Å². The minimum atomic E-state index is -0.501. The first-order valence-electron chi connectivity index (χ1n) is 10.2. The number of fused-ring (bicyclic) bond motifs is 1. The molecule has 0 fully saturated rings. The molecule has 0 amide bonds. The van der Waals surface area contributed by atoms with E-state index in [0.717, 1.165) is 23.8 Å². The van der Waals surface area contributed by atoms with Crippen LogP contribution in [0.25, 0.3) is 22.1 Å². The summed E-state index contributed by atoms with van der Waals surface area (Å²) in [6.45, 7) is 10.9. The Morgan fingerprint density at radius 2 is 1.75 bits per heavy atom. The summed E-state index contributed by atoms with van der Waals surface area (Å²) >= 11 is 0. The molecule has 6 nitrogen and oxygen atoms in total. The zero-order valence-electron chi connectivity index (χ0n) is 18.2. The lowest BCUT2D eigenvalue weighted by atomic mass is 10.0. The summed E-state index contributed by atoms with van der Waals surface area (Å²) in [5.41, 5.74) is 3.07. The van der Waals surface area contributed by atoms with Crippen LogP contribution in [0.4, 0.5) is 0 Å². The van der Waals surface area contributed by atoms with Crippen LogP contribution in [-0.2, 0) is 16.0 Å². The third-order valence-electron chi connectivity index (χ3n) is 4.77.